The van der Waals surface area contributed by atoms with Crippen LogP contribution in [0.1, 0.15) is 24.3 Å². The Bertz CT molecular complexity index is 737. The second-order valence-corrected chi connectivity index (χ2v) is 6.57. The number of aromatic hydroxyl groups is 1. The van der Waals surface area contributed by atoms with Crippen molar-refractivity contribution < 1.29 is 9.52 Å². The van der Waals surface area contributed by atoms with Gasteiger partial charge in [-0.3, -0.25) is 14.6 Å². The normalized spacial score (nSPS) is 17.8. The molecule has 1 fully saturated rings. The van der Waals surface area contributed by atoms with Crippen LogP contribution in [0.4, 0.5) is 0 Å². The highest BCUT2D eigenvalue weighted by Crippen LogP contribution is 2.23. The predicted molar refractivity (Wildman–Crippen MR) is 93.4 cm³/mol. The number of nitrogens with zero attached hydrogens (tertiary/aromatic N) is 2. The third-order valence-corrected chi connectivity index (χ3v) is 4.80. The molecule has 3 rings (SSSR count). The Morgan fingerprint density at radius 1 is 1.21 bits per heavy atom. The highest BCUT2D eigenvalue weighted by Gasteiger charge is 2.22. The molecular formula is C18H21ClN2O3. The molecule has 1 aliphatic rings. The topological polar surface area (TPSA) is 56.9 Å². The average Bonchev–Trinajstić information content (AvgIpc) is 2.59. The molecule has 1 N–H and O–H groups in total. The molecule has 1 saturated heterocycles. The zero-order valence-corrected chi connectivity index (χ0v) is 14.4. The predicted octanol–water partition coefficient (Wildman–Crippen LogP) is 2.88. The van der Waals surface area contributed by atoms with Crippen molar-refractivity contribution in [3.8, 4) is 5.75 Å². The summed E-state index contributed by atoms with van der Waals surface area (Å²) in [5, 5.41) is 9.99. The summed E-state index contributed by atoms with van der Waals surface area (Å²) >= 11 is 5.95. The standard InChI is InChI=1S/C18H21ClN2O3/c1-13(14-2-4-15(19)5-3-14)21-8-6-20(7-9-21)11-16-10-17(22)18(23)12-24-16/h2-5,10,12-13,23H,6-9,11H2,1H3/t13-/m0/s1. The van der Waals surface area contributed by atoms with Gasteiger partial charge in [-0.05, 0) is 24.6 Å². The van der Waals surface area contributed by atoms with Crippen LogP contribution < -0.4 is 5.43 Å². The van der Waals surface area contributed by atoms with Crippen LogP contribution in [-0.2, 0) is 6.54 Å². The van der Waals surface area contributed by atoms with E-state index in [-0.39, 0.29) is 5.75 Å². The first kappa shape index (κ1) is 17.0. The van der Waals surface area contributed by atoms with Crippen molar-refractivity contribution in [1.82, 2.24) is 9.80 Å². The van der Waals surface area contributed by atoms with Crippen molar-refractivity contribution in [2.75, 3.05) is 26.2 Å². The molecule has 1 atom stereocenters. The molecule has 1 aliphatic heterocycles. The fourth-order valence-electron chi connectivity index (χ4n) is 3.01. The van der Waals surface area contributed by atoms with E-state index in [1.807, 2.05) is 12.1 Å². The van der Waals surface area contributed by atoms with Gasteiger partial charge < -0.3 is 9.52 Å². The molecule has 0 radical (unpaired) electrons. The Labute approximate surface area is 146 Å². The Morgan fingerprint density at radius 2 is 1.88 bits per heavy atom. The first-order chi connectivity index (χ1) is 11.5. The molecule has 0 aliphatic carbocycles. The summed E-state index contributed by atoms with van der Waals surface area (Å²) < 4.78 is 5.28. The van der Waals surface area contributed by atoms with Crippen LogP contribution in [0.15, 0.2) is 45.8 Å². The molecule has 128 valence electrons. The largest absolute Gasteiger partial charge is 0.502 e. The van der Waals surface area contributed by atoms with Crippen molar-refractivity contribution in [1.29, 1.82) is 0 Å². The van der Waals surface area contributed by atoms with Gasteiger partial charge in [-0.25, -0.2) is 0 Å². The molecule has 2 aromatic rings. The summed E-state index contributed by atoms with van der Waals surface area (Å²) in [6.07, 6.45) is 1.11. The molecule has 0 amide bonds. The van der Waals surface area contributed by atoms with Gasteiger partial charge in [0, 0.05) is 43.3 Å². The van der Waals surface area contributed by atoms with E-state index in [0.29, 0.717) is 18.3 Å². The average molecular weight is 349 g/mol. The van der Waals surface area contributed by atoms with Crippen molar-refractivity contribution in [3.63, 3.8) is 0 Å². The van der Waals surface area contributed by atoms with Gasteiger partial charge in [0.1, 0.15) is 12.0 Å². The Hall–Kier alpha value is -1.82. The van der Waals surface area contributed by atoms with E-state index in [1.165, 1.54) is 11.6 Å². The Kier molecular flexibility index (Phi) is 5.23. The Morgan fingerprint density at radius 3 is 2.50 bits per heavy atom. The summed E-state index contributed by atoms with van der Waals surface area (Å²) in [5.41, 5.74) is 0.864. The van der Waals surface area contributed by atoms with Crippen LogP contribution in [-0.4, -0.2) is 41.1 Å². The van der Waals surface area contributed by atoms with Gasteiger partial charge in [-0.1, -0.05) is 23.7 Å². The number of piperazine rings is 1. The lowest BCUT2D eigenvalue weighted by atomic mass is 10.1. The molecule has 0 spiro atoms. The second kappa shape index (κ2) is 7.38. The third kappa shape index (κ3) is 3.98. The third-order valence-electron chi connectivity index (χ3n) is 4.55. The maximum Gasteiger partial charge on any atom is 0.226 e. The molecule has 24 heavy (non-hydrogen) atoms. The van der Waals surface area contributed by atoms with Crippen LogP contribution >= 0.6 is 11.6 Å². The van der Waals surface area contributed by atoms with Gasteiger partial charge in [0.25, 0.3) is 0 Å². The second-order valence-electron chi connectivity index (χ2n) is 6.14. The van der Waals surface area contributed by atoms with Gasteiger partial charge in [0.05, 0.1) is 6.54 Å². The van der Waals surface area contributed by atoms with E-state index in [2.05, 4.69) is 28.9 Å². The summed E-state index contributed by atoms with van der Waals surface area (Å²) in [6, 6.07) is 9.70. The van der Waals surface area contributed by atoms with Gasteiger partial charge in [-0.2, -0.15) is 0 Å². The maximum atomic E-state index is 11.5. The number of benzene rings is 1. The van der Waals surface area contributed by atoms with E-state index in [1.54, 1.807) is 0 Å². The summed E-state index contributed by atoms with van der Waals surface area (Å²) in [5.74, 6) is 0.234. The van der Waals surface area contributed by atoms with Crippen LogP contribution in [0, 0.1) is 0 Å². The molecular weight excluding hydrogens is 328 g/mol. The minimum atomic E-state index is -0.397. The van der Waals surface area contributed by atoms with E-state index < -0.39 is 5.43 Å². The zero-order chi connectivity index (χ0) is 17.1. The van der Waals surface area contributed by atoms with Crippen LogP contribution in [0.3, 0.4) is 0 Å². The number of halogens is 1. The maximum absolute atomic E-state index is 11.5. The van der Waals surface area contributed by atoms with Gasteiger partial charge >= 0.3 is 0 Å². The number of hydrogen-bond donors (Lipinski definition) is 1. The summed E-state index contributed by atoms with van der Waals surface area (Å²) in [6.45, 7) is 6.50. The lowest BCUT2D eigenvalue weighted by Gasteiger charge is -2.38. The minimum absolute atomic E-state index is 0.344. The molecule has 2 heterocycles. The molecule has 6 heteroatoms. The SMILES string of the molecule is C[C@@H](c1ccc(Cl)cc1)N1CCN(Cc2cc(=O)c(O)co2)CC1. The Balaban J connectivity index is 1.56. The van der Waals surface area contributed by atoms with Crippen molar-refractivity contribution in [3.05, 3.63) is 63.2 Å². The highest BCUT2D eigenvalue weighted by molar-refractivity contribution is 6.30. The summed E-state index contributed by atoms with van der Waals surface area (Å²) in [4.78, 5) is 16.1. The van der Waals surface area contributed by atoms with Gasteiger partial charge in [-0.15, -0.1) is 0 Å². The molecule has 1 aromatic carbocycles. The van der Waals surface area contributed by atoms with Crippen LogP contribution in [0.5, 0.6) is 5.75 Å². The van der Waals surface area contributed by atoms with Crippen molar-refractivity contribution >= 4 is 11.6 Å². The number of rotatable bonds is 4. The van der Waals surface area contributed by atoms with E-state index in [0.717, 1.165) is 37.5 Å². The van der Waals surface area contributed by atoms with Crippen LogP contribution in [0.2, 0.25) is 5.02 Å². The van der Waals surface area contributed by atoms with E-state index >= 15 is 0 Å². The highest BCUT2D eigenvalue weighted by atomic mass is 35.5. The van der Waals surface area contributed by atoms with Gasteiger partial charge in [0.15, 0.2) is 5.75 Å². The molecule has 0 bridgehead atoms. The molecule has 0 unspecified atom stereocenters. The van der Waals surface area contributed by atoms with Crippen molar-refractivity contribution in [2.24, 2.45) is 0 Å². The summed E-state index contributed by atoms with van der Waals surface area (Å²) in [7, 11) is 0. The molecule has 1 aromatic heterocycles. The molecule has 5 nitrogen and oxygen atoms in total. The van der Waals surface area contributed by atoms with E-state index in [4.69, 9.17) is 16.0 Å². The number of hydrogen-bond acceptors (Lipinski definition) is 5. The first-order valence-corrected chi connectivity index (χ1v) is 8.43. The lowest BCUT2D eigenvalue weighted by molar-refractivity contribution is 0.0927. The fourth-order valence-corrected chi connectivity index (χ4v) is 3.13. The molecule has 0 saturated carbocycles. The van der Waals surface area contributed by atoms with Gasteiger partial charge in [0.2, 0.25) is 5.43 Å². The minimum Gasteiger partial charge on any atom is -0.502 e. The quantitative estimate of drug-likeness (QED) is 0.920. The van der Waals surface area contributed by atoms with Crippen LogP contribution in [0.25, 0.3) is 0 Å². The smallest absolute Gasteiger partial charge is 0.226 e. The fraction of sp³-hybridized carbons (Fsp3) is 0.389. The monoisotopic (exact) mass is 348 g/mol. The zero-order valence-electron chi connectivity index (χ0n) is 13.6. The van der Waals surface area contributed by atoms with E-state index in [9.17, 15) is 9.90 Å². The van der Waals surface area contributed by atoms with Crippen molar-refractivity contribution in [2.45, 2.75) is 19.5 Å². The lowest BCUT2D eigenvalue weighted by Crippen LogP contribution is -2.46. The first-order valence-electron chi connectivity index (χ1n) is 8.05.